The van der Waals surface area contributed by atoms with Gasteiger partial charge in [0.1, 0.15) is 11.5 Å². The Morgan fingerprint density at radius 3 is 2.35 bits per heavy atom. The third kappa shape index (κ3) is 8.97. The number of benzene rings is 4. The molecule has 0 fully saturated rings. The highest BCUT2D eigenvalue weighted by atomic mass is 16.6. The molecular weight excluding hydrogens is 614 g/mol. The molecule has 0 unspecified atom stereocenters. The molecule has 1 N–H and O–H groups in total. The Labute approximate surface area is 279 Å². The van der Waals surface area contributed by atoms with E-state index in [-0.39, 0.29) is 17.6 Å². The number of aryl methyl sites for hydroxylation is 1. The summed E-state index contributed by atoms with van der Waals surface area (Å²) in [4.78, 5) is 50.7. The zero-order chi connectivity index (χ0) is 34.6. The van der Waals surface area contributed by atoms with Crippen molar-refractivity contribution in [2.45, 2.75) is 39.5 Å². The Balaban J connectivity index is 1.46. The normalized spacial score (nSPS) is 10.6. The van der Waals surface area contributed by atoms with Crippen LogP contribution in [0.5, 0.6) is 11.5 Å². The van der Waals surface area contributed by atoms with Gasteiger partial charge in [-0.3, -0.25) is 24.5 Å². The van der Waals surface area contributed by atoms with E-state index in [9.17, 15) is 24.5 Å². The molecule has 250 valence electrons. The standard InChI is InChI=1S/C37H39N3O8/c1-5-47-35(41)13-7-6-10-22-48-34-23-25(2)14-21-32(34)39(3)37(43)27-17-20-31(33(24-27)46-4)38-36(42)30-12-9-8-11-29(30)26-15-18-28(19-16-26)40(44)45/h8-9,11-12,14-21,23-24H,5-7,10,13,22H2,1-4H3,(H,38,42). The van der Waals surface area contributed by atoms with Gasteiger partial charge in [0.25, 0.3) is 17.5 Å². The molecule has 2 amide bonds. The molecule has 4 rings (SSSR count). The Morgan fingerprint density at radius 1 is 0.896 bits per heavy atom. The Morgan fingerprint density at radius 2 is 1.65 bits per heavy atom. The zero-order valence-corrected chi connectivity index (χ0v) is 27.5. The molecule has 0 saturated heterocycles. The van der Waals surface area contributed by atoms with Gasteiger partial charge in [0.2, 0.25) is 0 Å². The largest absolute Gasteiger partial charge is 0.495 e. The maximum atomic E-state index is 13.6. The quantitative estimate of drug-likeness (QED) is 0.0599. The Bertz CT molecular complexity index is 1770. The lowest BCUT2D eigenvalue weighted by atomic mass is 9.99. The van der Waals surface area contributed by atoms with Crippen LogP contribution in [0.4, 0.5) is 17.1 Å². The number of carbonyl (C=O) groups excluding carboxylic acids is 3. The summed E-state index contributed by atoms with van der Waals surface area (Å²) in [5, 5.41) is 13.9. The summed E-state index contributed by atoms with van der Waals surface area (Å²) >= 11 is 0. The number of esters is 1. The lowest BCUT2D eigenvalue weighted by Gasteiger charge is -2.22. The van der Waals surface area contributed by atoms with Crippen LogP contribution in [0.3, 0.4) is 0 Å². The number of nitro groups is 1. The number of ether oxygens (including phenoxy) is 3. The van der Waals surface area contributed by atoms with Crippen molar-refractivity contribution in [3.63, 3.8) is 0 Å². The van der Waals surface area contributed by atoms with Gasteiger partial charge in [0.05, 0.1) is 36.6 Å². The number of unbranched alkanes of at least 4 members (excludes halogenated alkanes) is 2. The first-order valence-electron chi connectivity index (χ1n) is 15.6. The van der Waals surface area contributed by atoms with Crippen molar-refractivity contribution >= 4 is 34.8 Å². The average molecular weight is 654 g/mol. The molecule has 0 atom stereocenters. The van der Waals surface area contributed by atoms with Crippen LogP contribution in [0.15, 0.2) is 84.9 Å². The first kappa shape index (κ1) is 35.1. The van der Waals surface area contributed by atoms with Crippen LogP contribution in [0, 0.1) is 17.0 Å². The maximum Gasteiger partial charge on any atom is 0.305 e. The van der Waals surface area contributed by atoms with Gasteiger partial charge in [-0.2, -0.15) is 0 Å². The summed E-state index contributed by atoms with van der Waals surface area (Å²) in [6.07, 6.45) is 2.64. The minimum absolute atomic E-state index is 0.0452. The van der Waals surface area contributed by atoms with E-state index in [1.54, 1.807) is 68.6 Å². The zero-order valence-electron chi connectivity index (χ0n) is 27.5. The SMILES string of the molecule is CCOC(=O)CCCCCOc1cc(C)ccc1N(C)C(=O)c1ccc(NC(=O)c2ccccc2-c2ccc([N+](=O)[O-])cc2)c(OC)c1. The predicted molar refractivity (Wildman–Crippen MR) is 184 cm³/mol. The predicted octanol–water partition coefficient (Wildman–Crippen LogP) is 7.61. The van der Waals surface area contributed by atoms with E-state index in [0.29, 0.717) is 71.2 Å². The molecular formula is C37H39N3O8. The van der Waals surface area contributed by atoms with E-state index < -0.39 is 10.8 Å². The summed E-state index contributed by atoms with van der Waals surface area (Å²) in [6, 6.07) is 23.3. The van der Waals surface area contributed by atoms with Crippen molar-refractivity contribution in [2.24, 2.45) is 0 Å². The molecule has 11 nitrogen and oxygen atoms in total. The summed E-state index contributed by atoms with van der Waals surface area (Å²) in [7, 11) is 3.11. The lowest BCUT2D eigenvalue weighted by Crippen LogP contribution is -2.27. The first-order valence-corrected chi connectivity index (χ1v) is 15.6. The van der Waals surface area contributed by atoms with E-state index in [4.69, 9.17) is 14.2 Å². The second-order valence-electron chi connectivity index (χ2n) is 11.0. The van der Waals surface area contributed by atoms with Gasteiger partial charge >= 0.3 is 5.97 Å². The highest BCUT2D eigenvalue weighted by molar-refractivity contribution is 6.10. The highest BCUT2D eigenvalue weighted by Crippen LogP contribution is 2.33. The number of hydrogen-bond acceptors (Lipinski definition) is 8. The van der Waals surface area contributed by atoms with Gasteiger partial charge in [-0.05, 0) is 98.3 Å². The van der Waals surface area contributed by atoms with Crippen molar-refractivity contribution < 1.29 is 33.5 Å². The van der Waals surface area contributed by atoms with E-state index in [0.717, 1.165) is 18.4 Å². The average Bonchev–Trinajstić information content (AvgIpc) is 3.09. The number of methoxy groups -OCH3 is 1. The highest BCUT2D eigenvalue weighted by Gasteiger charge is 2.21. The molecule has 0 aliphatic heterocycles. The number of carbonyl (C=O) groups is 3. The van der Waals surface area contributed by atoms with Crippen LogP contribution >= 0.6 is 0 Å². The maximum absolute atomic E-state index is 13.6. The van der Waals surface area contributed by atoms with Gasteiger partial charge in [0, 0.05) is 36.7 Å². The van der Waals surface area contributed by atoms with Crippen molar-refractivity contribution in [1.29, 1.82) is 0 Å². The molecule has 0 bridgehead atoms. The Hall–Kier alpha value is -5.71. The van der Waals surface area contributed by atoms with Crippen molar-refractivity contribution in [2.75, 3.05) is 37.6 Å². The molecule has 4 aromatic carbocycles. The summed E-state index contributed by atoms with van der Waals surface area (Å²) in [5.74, 6) is -0.0624. The van der Waals surface area contributed by atoms with Crippen LogP contribution in [0.1, 0.15) is 58.9 Å². The number of nitrogens with one attached hydrogen (secondary N) is 1. The van der Waals surface area contributed by atoms with Crippen molar-refractivity contribution in [3.8, 4) is 22.6 Å². The first-order chi connectivity index (χ1) is 23.1. The van der Waals surface area contributed by atoms with Crippen LogP contribution in [0.2, 0.25) is 0 Å². The summed E-state index contributed by atoms with van der Waals surface area (Å²) < 4.78 is 16.6. The number of non-ortho nitro benzene ring substituents is 1. The Kier molecular flexibility index (Phi) is 12.3. The molecule has 0 radical (unpaired) electrons. The fourth-order valence-corrected chi connectivity index (χ4v) is 5.09. The van der Waals surface area contributed by atoms with Crippen LogP contribution in [-0.4, -0.2) is 50.1 Å². The van der Waals surface area contributed by atoms with E-state index in [1.807, 2.05) is 25.1 Å². The second kappa shape index (κ2) is 16.7. The molecule has 0 aliphatic carbocycles. The number of rotatable bonds is 15. The second-order valence-corrected chi connectivity index (χ2v) is 11.0. The summed E-state index contributed by atoms with van der Waals surface area (Å²) in [6.45, 7) is 4.53. The fraction of sp³-hybridized carbons (Fsp3) is 0.270. The molecule has 0 aromatic heterocycles. The smallest absolute Gasteiger partial charge is 0.305 e. The number of hydrogen-bond donors (Lipinski definition) is 1. The van der Waals surface area contributed by atoms with Crippen LogP contribution in [0.25, 0.3) is 11.1 Å². The number of amides is 2. The third-order valence-electron chi connectivity index (χ3n) is 7.63. The summed E-state index contributed by atoms with van der Waals surface area (Å²) in [5.41, 5.74) is 3.84. The molecule has 0 spiro atoms. The monoisotopic (exact) mass is 653 g/mol. The van der Waals surface area contributed by atoms with Crippen molar-refractivity contribution in [1.82, 2.24) is 0 Å². The molecule has 0 saturated carbocycles. The van der Waals surface area contributed by atoms with Gasteiger partial charge in [-0.25, -0.2) is 0 Å². The van der Waals surface area contributed by atoms with Crippen molar-refractivity contribution in [3.05, 3.63) is 112 Å². The molecule has 4 aromatic rings. The van der Waals surface area contributed by atoms with E-state index >= 15 is 0 Å². The van der Waals surface area contributed by atoms with Crippen LogP contribution in [-0.2, 0) is 9.53 Å². The molecule has 48 heavy (non-hydrogen) atoms. The molecule has 0 heterocycles. The number of nitro benzene ring substituents is 1. The molecule has 11 heteroatoms. The fourth-order valence-electron chi connectivity index (χ4n) is 5.09. The minimum atomic E-state index is -0.477. The number of anilines is 2. The molecule has 0 aliphatic rings. The minimum Gasteiger partial charge on any atom is -0.495 e. The third-order valence-corrected chi connectivity index (χ3v) is 7.63. The van der Waals surface area contributed by atoms with Gasteiger partial charge in [-0.15, -0.1) is 0 Å². The van der Waals surface area contributed by atoms with Crippen LogP contribution < -0.4 is 19.7 Å². The van der Waals surface area contributed by atoms with Gasteiger partial charge in [-0.1, -0.05) is 24.3 Å². The van der Waals surface area contributed by atoms with E-state index in [1.165, 1.54) is 24.1 Å². The van der Waals surface area contributed by atoms with E-state index in [2.05, 4.69) is 5.32 Å². The number of nitrogens with zero attached hydrogens (tertiary/aromatic N) is 2. The topological polar surface area (TPSA) is 137 Å². The van der Waals surface area contributed by atoms with Gasteiger partial charge in [0.15, 0.2) is 0 Å². The van der Waals surface area contributed by atoms with Gasteiger partial charge < -0.3 is 24.4 Å². The lowest BCUT2D eigenvalue weighted by molar-refractivity contribution is -0.384.